The summed E-state index contributed by atoms with van der Waals surface area (Å²) in [5.74, 6) is -0.408. The van der Waals surface area contributed by atoms with Crippen LogP contribution in [-0.4, -0.2) is 24.6 Å². The molecule has 1 aliphatic rings. The lowest BCUT2D eigenvalue weighted by Gasteiger charge is -2.38. The fraction of sp³-hybridized carbons (Fsp3) is 0.278. The maximum absolute atomic E-state index is 11.6. The van der Waals surface area contributed by atoms with E-state index in [1.165, 1.54) is 11.1 Å². The summed E-state index contributed by atoms with van der Waals surface area (Å²) in [6.45, 7) is 4.74. The molecule has 1 aliphatic heterocycles. The molecule has 0 spiro atoms. The van der Waals surface area contributed by atoms with Crippen molar-refractivity contribution in [1.29, 1.82) is 0 Å². The predicted octanol–water partition coefficient (Wildman–Crippen LogP) is 2.58. The molecule has 5 heteroatoms. The molecule has 1 unspecified atom stereocenters. The molecule has 5 nitrogen and oxygen atoms in total. The van der Waals surface area contributed by atoms with Gasteiger partial charge in [-0.3, -0.25) is 4.98 Å². The van der Waals surface area contributed by atoms with Crippen molar-refractivity contribution in [3.63, 3.8) is 0 Å². The summed E-state index contributed by atoms with van der Waals surface area (Å²) in [4.78, 5) is 16.6. The second-order valence-electron chi connectivity index (χ2n) is 5.99. The number of H-pyrrole nitrogens is 1. The summed E-state index contributed by atoms with van der Waals surface area (Å²) in [5.41, 5.74) is 4.86. The highest BCUT2D eigenvalue weighted by atomic mass is 16.4. The van der Waals surface area contributed by atoms with Gasteiger partial charge in [-0.1, -0.05) is 35.9 Å². The van der Waals surface area contributed by atoms with Gasteiger partial charge in [-0.2, -0.15) is 0 Å². The van der Waals surface area contributed by atoms with Crippen LogP contribution in [0.4, 0.5) is 5.69 Å². The third-order valence-electron chi connectivity index (χ3n) is 4.44. The van der Waals surface area contributed by atoms with Crippen LogP contribution >= 0.6 is 0 Å². The minimum absolute atomic E-state index is 0.218. The van der Waals surface area contributed by atoms with E-state index in [1.54, 1.807) is 0 Å². The Morgan fingerprint density at radius 2 is 2.00 bits per heavy atom. The van der Waals surface area contributed by atoms with Crippen LogP contribution in [0.2, 0.25) is 0 Å². The first kappa shape index (κ1) is 14.1. The number of nitrogens with zero attached hydrogens (tertiary/aromatic N) is 1. The van der Waals surface area contributed by atoms with Crippen LogP contribution in [-0.2, 0) is 0 Å². The van der Waals surface area contributed by atoms with Gasteiger partial charge in [0, 0.05) is 19.6 Å². The second-order valence-corrected chi connectivity index (χ2v) is 5.99. The van der Waals surface area contributed by atoms with Gasteiger partial charge in [-0.25, -0.2) is 4.79 Å². The van der Waals surface area contributed by atoms with Crippen LogP contribution < -0.4 is 16.0 Å². The molecule has 0 saturated carbocycles. The molecule has 4 rings (SSSR count). The first-order valence-corrected chi connectivity index (χ1v) is 7.88. The molecule has 2 aromatic carbocycles. The average molecular weight is 309 g/mol. The van der Waals surface area contributed by atoms with Gasteiger partial charge in [0.05, 0.1) is 17.2 Å². The fourth-order valence-electron chi connectivity index (χ4n) is 3.26. The fourth-order valence-corrected chi connectivity index (χ4v) is 3.26. The molecule has 1 atom stereocenters. The van der Waals surface area contributed by atoms with E-state index in [0.29, 0.717) is 5.58 Å². The standard InChI is InChI=1S/C18H19N3O2/c1-12-5-7-13(8-6-12)16-11-19-9-10-21(16)15-4-2-3-14-17(15)23-18(22)20-14/h2-8,16,19H,9-11H2,1H3,(H,20,22). The van der Waals surface area contributed by atoms with Gasteiger partial charge in [-0.15, -0.1) is 0 Å². The molecule has 1 saturated heterocycles. The number of oxazole rings is 1. The molecule has 3 aromatic rings. The van der Waals surface area contributed by atoms with E-state index >= 15 is 0 Å². The molecule has 1 fully saturated rings. The Labute approximate surface area is 133 Å². The highest BCUT2D eigenvalue weighted by molar-refractivity contribution is 5.86. The van der Waals surface area contributed by atoms with Gasteiger partial charge in [-0.05, 0) is 24.6 Å². The monoisotopic (exact) mass is 309 g/mol. The van der Waals surface area contributed by atoms with E-state index in [1.807, 2.05) is 18.2 Å². The van der Waals surface area contributed by atoms with Crippen LogP contribution in [0.3, 0.4) is 0 Å². The number of rotatable bonds is 2. The number of anilines is 1. The van der Waals surface area contributed by atoms with Crippen LogP contribution in [0, 0.1) is 6.92 Å². The van der Waals surface area contributed by atoms with Crippen molar-refractivity contribution in [2.45, 2.75) is 13.0 Å². The van der Waals surface area contributed by atoms with E-state index in [0.717, 1.165) is 30.8 Å². The maximum atomic E-state index is 11.6. The number of hydrogen-bond acceptors (Lipinski definition) is 4. The van der Waals surface area contributed by atoms with Gasteiger partial charge >= 0.3 is 5.76 Å². The Balaban J connectivity index is 1.80. The highest BCUT2D eigenvalue weighted by Crippen LogP contribution is 2.33. The zero-order valence-corrected chi connectivity index (χ0v) is 13.0. The number of para-hydroxylation sites is 1. The van der Waals surface area contributed by atoms with Crippen molar-refractivity contribution in [3.8, 4) is 0 Å². The number of benzene rings is 2. The second kappa shape index (κ2) is 5.59. The van der Waals surface area contributed by atoms with Crippen LogP contribution in [0.25, 0.3) is 11.1 Å². The molecule has 2 N–H and O–H groups in total. The van der Waals surface area contributed by atoms with E-state index in [9.17, 15) is 4.79 Å². The smallest absolute Gasteiger partial charge is 0.406 e. The highest BCUT2D eigenvalue weighted by Gasteiger charge is 2.26. The first-order chi connectivity index (χ1) is 11.2. The van der Waals surface area contributed by atoms with Crippen molar-refractivity contribution in [2.24, 2.45) is 0 Å². The minimum atomic E-state index is -0.408. The third-order valence-corrected chi connectivity index (χ3v) is 4.44. The third kappa shape index (κ3) is 2.53. The molecule has 0 radical (unpaired) electrons. The number of aromatic nitrogens is 1. The molecular formula is C18H19N3O2. The largest absolute Gasteiger partial charge is 0.417 e. The summed E-state index contributed by atoms with van der Waals surface area (Å²) in [6.07, 6.45) is 0. The lowest BCUT2D eigenvalue weighted by molar-refractivity contribution is 0.486. The lowest BCUT2D eigenvalue weighted by atomic mass is 10.0. The van der Waals surface area contributed by atoms with E-state index < -0.39 is 5.76 Å². The molecule has 0 aliphatic carbocycles. The summed E-state index contributed by atoms with van der Waals surface area (Å²) < 4.78 is 5.38. The molecule has 1 aromatic heterocycles. The van der Waals surface area contributed by atoms with E-state index in [2.05, 4.69) is 46.4 Å². The SMILES string of the molecule is Cc1ccc(C2CNCCN2c2cccc3[nH]c(=O)oc23)cc1. The topological polar surface area (TPSA) is 61.3 Å². The summed E-state index contributed by atoms with van der Waals surface area (Å²) in [5, 5.41) is 3.46. The van der Waals surface area contributed by atoms with E-state index in [-0.39, 0.29) is 6.04 Å². The van der Waals surface area contributed by atoms with Crippen molar-refractivity contribution in [3.05, 3.63) is 64.1 Å². The number of aryl methyl sites for hydroxylation is 1. The quantitative estimate of drug-likeness (QED) is 0.764. The molecule has 0 bridgehead atoms. The number of hydrogen-bond donors (Lipinski definition) is 2. The average Bonchev–Trinajstić information content (AvgIpc) is 2.96. The van der Waals surface area contributed by atoms with Gasteiger partial charge in [0.2, 0.25) is 0 Å². The van der Waals surface area contributed by atoms with Crippen molar-refractivity contribution >= 4 is 16.8 Å². The van der Waals surface area contributed by atoms with Crippen molar-refractivity contribution < 1.29 is 4.42 Å². The molecule has 23 heavy (non-hydrogen) atoms. The van der Waals surface area contributed by atoms with Crippen LogP contribution in [0.1, 0.15) is 17.2 Å². The lowest BCUT2D eigenvalue weighted by Crippen LogP contribution is -2.46. The van der Waals surface area contributed by atoms with Crippen LogP contribution in [0.15, 0.2) is 51.7 Å². The van der Waals surface area contributed by atoms with Crippen LogP contribution in [0.5, 0.6) is 0 Å². The summed E-state index contributed by atoms with van der Waals surface area (Å²) in [7, 11) is 0. The Morgan fingerprint density at radius 1 is 1.17 bits per heavy atom. The van der Waals surface area contributed by atoms with Gasteiger partial charge in [0.25, 0.3) is 0 Å². The zero-order chi connectivity index (χ0) is 15.8. The number of fused-ring (bicyclic) bond motifs is 1. The molecule has 118 valence electrons. The number of piperazine rings is 1. The summed E-state index contributed by atoms with van der Waals surface area (Å²) in [6, 6.07) is 14.7. The minimum Gasteiger partial charge on any atom is -0.406 e. The Bertz CT molecular complexity index is 879. The maximum Gasteiger partial charge on any atom is 0.417 e. The molecule has 2 heterocycles. The van der Waals surface area contributed by atoms with Gasteiger partial charge < -0.3 is 14.6 Å². The Hall–Kier alpha value is -2.53. The van der Waals surface area contributed by atoms with Crippen molar-refractivity contribution in [1.82, 2.24) is 10.3 Å². The number of nitrogens with one attached hydrogen (secondary N) is 2. The van der Waals surface area contributed by atoms with Gasteiger partial charge in [0.1, 0.15) is 0 Å². The van der Waals surface area contributed by atoms with Crippen molar-refractivity contribution in [2.75, 3.05) is 24.5 Å². The normalized spacial score (nSPS) is 18.5. The molecule has 0 amide bonds. The Morgan fingerprint density at radius 3 is 2.83 bits per heavy atom. The number of aromatic amines is 1. The first-order valence-electron chi connectivity index (χ1n) is 7.88. The predicted molar refractivity (Wildman–Crippen MR) is 91.0 cm³/mol. The molecular weight excluding hydrogens is 290 g/mol. The zero-order valence-electron chi connectivity index (χ0n) is 13.0. The summed E-state index contributed by atoms with van der Waals surface area (Å²) >= 11 is 0. The van der Waals surface area contributed by atoms with E-state index in [4.69, 9.17) is 4.42 Å². The van der Waals surface area contributed by atoms with Gasteiger partial charge in [0.15, 0.2) is 5.58 Å². The Kier molecular flexibility index (Phi) is 3.42.